The summed E-state index contributed by atoms with van der Waals surface area (Å²) in [5, 5.41) is 22.9. The van der Waals surface area contributed by atoms with E-state index in [4.69, 9.17) is 14.6 Å². The molecule has 10 heteroatoms. The molecule has 0 aliphatic carbocycles. The van der Waals surface area contributed by atoms with E-state index < -0.39 is 23.7 Å². The standard InChI is InChI=1S/C16H21N5O5/c1-16(2,3)26-15(24)19-12(8-21-18-10-17-20-21)9-25-13-6-4-11(5-7-13)14(22)23/h4-7,10,12H,8-9H2,1-3H3,(H,19,24)(H,22,23)/t12-/m1/s1. The zero-order chi connectivity index (χ0) is 19.2. The van der Waals surface area contributed by atoms with Crippen molar-refractivity contribution in [2.24, 2.45) is 0 Å². The van der Waals surface area contributed by atoms with Crippen LogP contribution in [0.15, 0.2) is 30.6 Å². The molecule has 10 nitrogen and oxygen atoms in total. The average Bonchev–Trinajstić information content (AvgIpc) is 3.04. The first-order valence-corrected chi connectivity index (χ1v) is 7.89. The van der Waals surface area contributed by atoms with Gasteiger partial charge in [0.15, 0.2) is 6.33 Å². The number of nitrogens with zero attached hydrogens (tertiary/aromatic N) is 4. The fourth-order valence-corrected chi connectivity index (χ4v) is 1.97. The summed E-state index contributed by atoms with van der Waals surface area (Å²) in [6.07, 6.45) is 0.697. The lowest BCUT2D eigenvalue weighted by molar-refractivity contribution is 0.0477. The van der Waals surface area contributed by atoms with Gasteiger partial charge in [-0.2, -0.15) is 4.80 Å². The predicted octanol–water partition coefficient (Wildman–Crippen LogP) is 1.34. The molecule has 0 unspecified atom stereocenters. The van der Waals surface area contributed by atoms with E-state index >= 15 is 0 Å². The molecular formula is C16H21N5O5. The maximum atomic E-state index is 12.0. The van der Waals surface area contributed by atoms with Crippen molar-refractivity contribution < 1.29 is 24.2 Å². The van der Waals surface area contributed by atoms with E-state index in [2.05, 4.69) is 20.7 Å². The first-order chi connectivity index (χ1) is 12.2. The molecule has 1 amide bonds. The highest BCUT2D eigenvalue weighted by atomic mass is 16.6. The Labute approximate surface area is 150 Å². The van der Waals surface area contributed by atoms with Gasteiger partial charge in [0.05, 0.1) is 18.2 Å². The monoisotopic (exact) mass is 363 g/mol. The van der Waals surface area contributed by atoms with Crippen molar-refractivity contribution in [3.8, 4) is 5.75 Å². The number of alkyl carbamates (subject to hydrolysis) is 1. The van der Waals surface area contributed by atoms with Gasteiger partial charge in [-0.15, -0.1) is 10.2 Å². The third-order valence-electron chi connectivity index (χ3n) is 3.05. The van der Waals surface area contributed by atoms with E-state index in [9.17, 15) is 9.59 Å². The number of hydrogen-bond donors (Lipinski definition) is 2. The van der Waals surface area contributed by atoms with Gasteiger partial charge in [-0.05, 0) is 50.3 Å². The summed E-state index contributed by atoms with van der Waals surface area (Å²) in [5.74, 6) is -0.546. The number of nitrogens with one attached hydrogen (secondary N) is 1. The Hall–Kier alpha value is -3.17. The lowest BCUT2D eigenvalue weighted by Gasteiger charge is -2.23. The van der Waals surface area contributed by atoms with Crippen LogP contribution in [-0.2, 0) is 11.3 Å². The molecule has 0 saturated carbocycles. The van der Waals surface area contributed by atoms with Crippen LogP contribution in [0.2, 0.25) is 0 Å². The quantitative estimate of drug-likeness (QED) is 0.754. The first kappa shape index (κ1) is 19.2. The van der Waals surface area contributed by atoms with E-state index in [1.54, 1.807) is 32.9 Å². The minimum atomic E-state index is -1.02. The molecular weight excluding hydrogens is 342 g/mol. The minimum Gasteiger partial charge on any atom is -0.491 e. The van der Waals surface area contributed by atoms with Crippen LogP contribution in [0.5, 0.6) is 5.75 Å². The second-order valence-corrected chi connectivity index (χ2v) is 6.47. The Bertz CT molecular complexity index is 724. The van der Waals surface area contributed by atoms with Gasteiger partial charge in [0, 0.05) is 0 Å². The van der Waals surface area contributed by atoms with Crippen LogP contribution in [0.4, 0.5) is 4.79 Å². The van der Waals surface area contributed by atoms with Gasteiger partial charge >= 0.3 is 12.1 Å². The number of ether oxygens (including phenoxy) is 2. The molecule has 2 aromatic rings. The van der Waals surface area contributed by atoms with Gasteiger partial charge in [0.1, 0.15) is 18.0 Å². The molecule has 1 aromatic carbocycles. The summed E-state index contributed by atoms with van der Waals surface area (Å²) in [6, 6.07) is 5.47. The van der Waals surface area contributed by atoms with Crippen LogP contribution in [0, 0.1) is 0 Å². The number of carbonyl (C=O) groups excluding carboxylic acids is 1. The Kier molecular flexibility index (Phi) is 6.10. The normalized spacial score (nSPS) is 12.3. The SMILES string of the molecule is CC(C)(C)OC(=O)N[C@@H](COc1ccc(C(=O)O)cc1)Cn1ncnn1. The summed E-state index contributed by atoms with van der Waals surface area (Å²) < 4.78 is 10.9. The average molecular weight is 363 g/mol. The van der Waals surface area contributed by atoms with E-state index in [1.165, 1.54) is 23.3 Å². The molecule has 0 bridgehead atoms. The highest BCUT2D eigenvalue weighted by Crippen LogP contribution is 2.13. The van der Waals surface area contributed by atoms with Crippen molar-refractivity contribution in [2.45, 2.75) is 39.0 Å². The van der Waals surface area contributed by atoms with Gasteiger partial charge in [0.2, 0.25) is 0 Å². The minimum absolute atomic E-state index is 0.104. The topological polar surface area (TPSA) is 128 Å². The summed E-state index contributed by atoms with van der Waals surface area (Å²) >= 11 is 0. The zero-order valence-corrected chi connectivity index (χ0v) is 14.7. The second kappa shape index (κ2) is 8.28. The van der Waals surface area contributed by atoms with Crippen molar-refractivity contribution in [1.29, 1.82) is 0 Å². The lowest BCUT2D eigenvalue weighted by atomic mass is 10.2. The molecule has 2 rings (SSSR count). The molecule has 0 saturated heterocycles. The van der Waals surface area contributed by atoms with Gasteiger partial charge < -0.3 is 19.9 Å². The number of carboxylic acids is 1. The number of aromatic carboxylic acids is 1. The maximum Gasteiger partial charge on any atom is 0.408 e. The number of aromatic nitrogens is 4. The predicted molar refractivity (Wildman–Crippen MR) is 89.9 cm³/mol. The molecule has 0 radical (unpaired) electrons. The van der Waals surface area contributed by atoms with E-state index in [0.29, 0.717) is 5.75 Å². The van der Waals surface area contributed by atoms with Crippen LogP contribution in [0.3, 0.4) is 0 Å². The van der Waals surface area contributed by atoms with Gasteiger partial charge in [0.25, 0.3) is 0 Å². The highest BCUT2D eigenvalue weighted by Gasteiger charge is 2.21. The van der Waals surface area contributed by atoms with Gasteiger partial charge in [-0.3, -0.25) is 0 Å². The fraction of sp³-hybridized carbons (Fsp3) is 0.438. The number of tetrazole rings is 1. The molecule has 140 valence electrons. The smallest absolute Gasteiger partial charge is 0.408 e. The van der Waals surface area contributed by atoms with E-state index in [0.717, 1.165) is 0 Å². The van der Waals surface area contributed by atoms with E-state index in [1.807, 2.05) is 0 Å². The fourth-order valence-electron chi connectivity index (χ4n) is 1.97. The third kappa shape index (κ3) is 6.38. The number of carbonyl (C=O) groups is 2. The number of benzene rings is 1. The molecule has 2 N–H and O–H groups in total. The largest absolute Gasteiger partial charge is 0.491 e. The Morgan fingerprint density at radius 3 is 2.50 bits per heavy atom. The molecule has 1 atom stereocenters. The highest BCUT2D eigenvalue weighted by molar-refractivity contribution is 5.87. The van der Waals surface area contributed by atoms with Crippen molar-refractivity contribution in [3.63, 3.8) is 0 Å². The van der Waals surface area contributed by atoms with Gasteiger partial charge in [-0.25, -0.2) is 9.59 Å². The van der Waals surface area contributed by atoms with E-state index in [-0.39, 0.29) is 18.7 Å². The van der Waals surface area contributed by atoms with Crippen molar-refractivity contribution in [1.82, 2.24) is 25.5 Å². The number of amides is 1. The second-order valence-electron chi connectivity index (χ2n) is 6.47. The molecule has 1 heterocycles. The molecule has 1 aromatic heterocycles. The van der Waals surface area contributed by atoms with Crippen LogP contribution < -0.4 is 10.1 Å². The zero-order valence-electron chi connectivity index (χ0n) is 14.7. The Balaban J connectivity index is 1.98. The van der Waals surface area contributed by atoms with Crippen LogP contribution in [-0.4, -0.2) is 55.6 Å². The number of rotatable bonds is 7. The molecule has 26 heavy (non-hydrogen) atoms. The summed E-state index contributed by atoms with van der Waals surface area (Å²) in [5.41, 5.74) is -0.471. The molecule has 0 spiro atoms. The Morgan fingerprint density at radius 2 is 1.96 bits per heavy atom. The summed E-state index contributed by atoms with van der Waals surface area (Å²) in [6.45, 7) is 5.63. The first-order valence-electron chi connectivity index (χ1n) is 7.89. The molecule has 0 aliphatic heterocycles. The third-order valence-corrected chi connectivity index (χ3v) is 3.05. The number of carboxylic acid groups (broad SMARTS) is 1. The maximum absolute atomic E-state index is 12.0. The van der Waals surface area contributed by atoms with Gasteiger partial charge in [-0.1, -0.05) is 0 Å². The number of hydrogen-bond acceptors (Lipinski definition) is 7. The summed E-state index contributed by atoms with van der Waals surface area (Å²) in [4.78, 5) is 24.2. The lowest BCUT2D eigenvalue weighted by Crippen LogP contribution is -2.44. The van der Waals surface area contributed by atoms with Crippen LogP contribution in [0.25, 0.3) is 0 Å². The van der Waals surface area contributed by atoms with Crippen LogP contribution in [0.1, 0.15) is 31.1 Å². The molecule has 0 aliphatic rings. The van der Waals surface area contributed by atoms with Crippen molar-refractivity contribution in [2.75, 3.05) is 6.61 Å². The van der Waals surface area contributed by atoms with Crippen LogP contribution >= 0.6 is 0 Å². The summed E-state index contributed by atoms with van der Waals surface area (Å²) in [7, 11) is 0. The Morgan fingerprint density at radius 1 is 1.27 bits per heavy atom. The van der Waals surface area contributed by atoms with Crippen molar-refractivity contribution >= 4 is 12.1 Å². The molecule has 0 fully saturated rings. The van der Waals surface area contributed by atoms with Crippen molar-refractivity contribution in [3.05, 3.63) is 36.2 Å².